The molecule has 0 radical (unpaired) electrons. The van der Waals surface area contributed by atoms with Gasteiger partial charge in [-0.25, -0.2) is 0 Å². The van der Waals surface area contributed by atoms with Crippen LogP contribution in [0.5, 0.6) is 0 Å². The minimum absolute atomic E-state index is 0.0350. The number of benzene rings is 1. The molecule has 1 atom stereocenters. The van der Waals surface area contributed by atoms with E-state index in [1.807, 2.05) is 0 Å². The molecule has 1 aromatic carbocycles. The van der Waals surface area contributed by atoms with Gasteiger partial charge in [0.15, 0.2) is 0 Å². The molecule has 2 N–H and O–H groups in total. The highest BCUT2D eigenvalue weighted by Gasteiger charge is 2.20. The van der Waals surface area contributed by atoms with Gasteiger partial charge in [-0.2, -0.15) is 0 Å². The summed E-state index contributed by atoms with van der Waals surface area (Å²) in [6, 6.07) is 5.32. The molecule has 6 nitrogen and oxygen atoms in total. The fourth-order valence-corrected chi connectivity index (χ4v) is 1.43. The van der Waals surface area contributed by atoms with E-state index in [-0.39, 0.29) is 18.7 Å². The van der Waals surface area contributed by atoms with Gasteiger partial charge >= 0.3 is 5.97 Å². The van der Waals surface area contributed by atoms with Crippen molar-refractivity contribution in [3.8, 4) is 0 Å². The van der Waals surface area contributed by atoms with E-state index in [2.05, 4.69) is 0 Å². The molecule has 0 saturated carbocycles. The number of nitro benzene ring substituents is 1. The summed E-state index contributed by atoms with van der Waals surface area (Å²) in [6.45, 7) is 1.92. The SMILES string of the molecule is CCOC(=O)[C@@H](N)Cc1ccccc1[N+](=O)[O-]. The summed E-state index contributed by atoms with van der Waals surface area (Å²) in [7, 11) is 0. The predicted octanol–water partition coefficient (Wildman–Crippen LogP) is 1.03. The molecular weight excluding hydrogens is 224 g/mol. The normalized spacial score (nSPS) is 11.9. The Morgan fingerprint density at radius 1 is 1.53 bits per heavy atom. The summed E-state index contributed by atoms with van der Waals surface area (Å²) in [6.07, 6.45) is 0.0932. The Balaban J connectivity index is 2.81. The van der Waals surface area contributed by atoms with E-state index < -0.39 is 16.9 Å². The first-order valence-corrected chi connectivity index (χ1v) is 5.20. The number of carbonyl (C=O) groups excluding carboxylic acids is 1. The number of rotatable bonds is 5. The lowest BCUT2D eigenvalue weighted by molar-refractivity contribution is -0.385. The highest BCUT2D eigenvalue weighted by atomic mass is 16.6. The van der Waals surface area contributed by atoms with Gasteiger partial charge in [-0.15, -0.1) is 0 Å². The number of para-hydroxylation sites is 1. The molecule has 0 aliphatic carbocycles. The molecule has 17 heavy (non-hydrogen) atoms. The van der Waals surface area contributed by atoms with Gasteiger partial charge < -0.3 is 10.5 Å². The van der Waals surface area contributed by atoms with Crippen molar-refractivity contribution in [2.75, 3.05) is 6.61 Å². The van der Waals surface area contributed by atoms with Gasteiger partial charge in [-0.3, -0.25) is 14.9 Å². The van der Waals surface area contributed by atoms with E-state index in [1.165, 1.54) is 6.07 Å². The average Bonchev–Trinajstić information content (AvgIpc) is 2.29. The molecular formula is C11H14N2O4. The van der Waals surface area contributed by atoms with Crippen LogP contribution in [0.25, 0.3) is 0 Å². The summed E-state index contributed by atoms with van der Waals surface area (Å²) < 4.78 is 4.74. The van der Waals surface area contributed by atoms with Gasteiger partial charge in [0.25, 0.3) is 5.69 Å². The molecule has 0 aliphatic heterocycles. The first-order chi connectivity index (χ1) is 8.06. The van der Waals surface area contributed by atoms with Crippen LogP contribution in [0.1, 0.15) is 12.5 Å². The van der Waals surface area contributed by atoms with E-state index in [0.29, 0.717) is 5.56 Å². The molecule has 0 heterocycles. The zero-order valence-electron chi connectivity index (χ0n) is 9.46. The second kappa shape index (κ2) is 5.95. The lowest BCUT2D eigenvalue weighted by Gasteiger charge is -2.10. The van der Waals surface area contributed by atoms with Crippen LogP contribution in [0.3, 0.4) is 0 Å². The molecule has 0 saturated heterocycles. The Morgan fingerprint density at radius 3 is 2.76 bits per heavy atom. The maximum atomic E-state index is 11.3. The van der Waals surface area contributed by atoms with E-state index in [1.54, 1.807) is 25.1 Å². The van der Waals surface area contributed by atoms with Crippen molar-refractivity contribution in [2.24, 2.45) is 5.73 Å². The second-order valence-corrected chi connectivity index (χ2v) is 3.45. The third-order valence-electron chi connectivity index (χ3n) is 2.22. The molecule has 92 valence electrons. The lowest BCUT2D eigenvalue weighted by Crippen LogP contribution is -2.34. The zero-order valence-corrected chi connectivity index (χ0v) is 9.46. The van der Waals surface area contributed by atoms with Crippen molar-refractivity contribution < 1.29 is 14.5 Å². The Hall–Kier alpha value is -1.95. The minimum Gasteiger partial charge on any atom is -0.465 e. The van der Waals surface area contributed by atoms with Crippen molar-refractivity contribution in [1.29, 1.82) is 0 Å². The number of nitrogens with zero attached hydrogens (tertiary/aromatic N) is 1. The zero-order chi connectivity index (χ0) is 12.8. The third-order valence-corrected chi connectivity index (χ3v) is 2.22. The largest absolute Gasteiger partial charge is 0.465 e. The summed E-state index contributed by atoms with van der Waals surface area (Å²) in [5.74, 6) is -0.550. The topological polar surface area (TPSA) is 95.5 Å². The Kier molecular flexibility index (Phi) is 4.59. The first-order valence-electron chi connectivity index (χ1n) is 5.20. The van der Waals surface area contributed by atoms with Gasteiger partial charge in [0.05, 0.1) is 11.5 Å². The number of esters is 1. The fourth-order valence-electron chi connectivity index (χ4n) is 1.43. The third kappa shape index (κ3) is 3.53. The number of hydrogen-bond acceptors (Lipinski definition) is 5. The van der Waals surface area contributed by atoms with Crippen LogP contribution < -0.4 is 5.73 Å². The van der Waals surface area contributed by atoms with E-state index in [0.717, 1.165) is 0 Å². The quantitative estimate of drug-likeness (QED) is 0.469. The van der Waals surface area contributed by atoms with Gasteiger partial charge in [-0.1, -0.05) is 18.2 Å². The van der Waals surface area contributed by atoms with Crippen LogP contribution in [0.2, 0.25) is 0 Å². The van der Waals surface area contributed by atoms with E-state index in [9.17, 15) is 14.9 Å². The van der Waals surface area contributed by atoms with Gasteiger partial charge in [0.1, 0.15) is 6.04 Å². The number of carbonyl (C=O) groups is 1. The number of nitro groups is 1. The maximum absolute atomic E-state index is 11.3. The molecule has 0 aliphatic rings. The van der Waals surface area contributed by atoms with Gasteiger partial charge in [-0.05, 0) is 6.92 Å². The summed E-state index contributed by atoms with van der Waals surface area (Å²) in [5, 5.41) is 10.7. The number of ether oxygens (including phenoxy) is 1. The van der Waals surface area contributed by atoms with E-state index >= 15 is 0 Å². The second-order valence-electron chi connectivity index (χ2n) is 3.45. The minimum atomic E-state index is -0.879. The summed E-state index contributed by atoms with van der Waals surface area (Å²) in [4.78, 5) is 21.6. The molecule has 0 bridgehead atoms. The maximum Gasteiger partial charge on any atom is 0.323 e. The summed E-state index contributed by atoms with van der Waals surface area (Å²) >= 11 is 0. The van der Waals surface area contributed by atoms with Crippen LogP contribution >= 0.6 is 0 Å². The van der Waals surface area contributed by atoms with Crippen LogP contribution in [0, 0.1) is 10.1 Å². The van der Waals surface area contributed by atoms with Crippen LogP contribution in [0.15, 0.2) is 24.3 Å². The Labute approximate surface area is 98.5 Å². The van der Waals surface area contributed by atoms with Gasteiger partial charge in [0, 0.05) is 18.1 Å². The smallest absolute Gasteiger partial charge is 0.323 e. The molecule has 0 fully saturated rings. The highest BCUT2D eigenvalue weighted by Crippen LogP contribution is 2.18. The van der Waals surface area contributed by atoms with Crippen LogP contribution in [-0.4, -0.2) is 23.5 Å². The molecule has 0 amide bonds. The Morgan fingerprint density at radius 2 is 2.18 bits per heavy atom. The summed E-state index contributed by atoms with van der Waals surface area (Å²) in [5.41, 5.74) is 6.00. The van der Waals surface area contributed by atoms with Crippen molar-refractivity contribution in [1.82, 2.24) is 0 Å². The van der Waals surface area contributed by atoms with Crippen molar-refractivity contribution in [2.45, 2.75) is 19.4 Å². The number of hydrogen-bond donors (Lipinski definition) is 1. The fraction of sp³-hybridized carbons (Fsp3) is 0.364. The Bertz CT molecular complexity index is 420. The van der Waals surface area contributed by atoms with Crippen molar-refractivity contribution >= 4 is 11.7 Å². The molecule has 0 aromatic heterocycles. The average molecular weight is 238 g/mol. The lowest BCUT2D eigenvalue weighted by atomic mass is 10.0. The molecule has 0 spiro atoms. The molecule has 1 aromatic rings. The first kappa shape index (κ1) is 13.1. The molecule has 0 unspecified atom stereocenters. The van der Waals surface area contributed by atoms with Crippen LogP contribution in [0.4, 0.5) is 5.69 Å². The predicted molar refractivity (Wildman–Crippen MR) is 61.4 cm³/mol. The standard InChI is InChI=1S/C11H14N2O4/c1-2-17-11(14)9(12)7-8-5-3-4-6-10(8)13(15)16/h3-6,9H,2,7,12H2,1H3/t9-/m0/s1. The monoisotopic (exact) mass is 238 g/mol. The van der Waals surface area contributed by atoms with Crippen molar-refractivity contribution in [3.63, 3.8) is 0 Å². The number of nitrogens with two attached hydrogens (primary N) is 1. The highest BCUT2D eigenvalue weighted by molar-refractivity contribution is 5.76. The molecule has 6 heteroatoms. The van der Waals surface area contributed by atoms with E-state index in [4.69, 9.17) is 10.5 Å². The van der Waals surface area contributed by atoms with Gasteiger partial charge in [0.2, 0.25) is 0 Å². The van der Waals surface area contributed by atoms with Crippen LogP contribution in [-0.2, 0) is 16.0 Å². The molecule has 1 rings (SSSR count). The van der Waals surface area contributed by atoms with Crippen molar-refractivity contribution in [3.05, 3.63) is 39.9 Å².